The first-order valence-corrected chi connectivity index (χ1v) is 9.50. The Bertz CT molecular complexity index is 865. The third kappa shape index (κ3) is 5.23. The summed E-state index contributed by atoms with van der Waals surface area (Å²) in [7, 11) is 1.54. The minimum absolute atomic E-state index is 0.145. The van der Waals surface area contributed by atoms with Crippen molar-refractivity contribution in [3.8, 4) is 5.75 Å². The van der Waals surface area contributed by atoms with Crippen LogP contribution in [0.3, 0.4) is 0 Å². The van der Waals surface area contributed by atoms with Crippen LogP contribution in [0, 0.1) is 5.92 Å². The quantitative estimate of drug-likeness (QED) is 0.549. The van der Waals surface area contributed by atoms with E-state index in [1.54, 1.807) is 0 Å². The van der Waals surface area contributed by atoms with E-state index in [9.17, 15) is 9.59 Å². The molecule has 6 heteroatoms. The van der Waals surface area contributed by atoms with E-state index < -0.39 is 17.8 Å². The second-order valence-electron chi connectivity index (χ2n) is 6.83. The zero-order valence-corrected chi connectivity index (χ0v) is 16.4. The maximum absolute atomic E-state index is 12.7. The predicted molar refractivity (Wildman–Crippen MR) is 108 cm³/mol. The number of para-hydroxylation sites is 1. The first kappa shape index (κ1) is 20.6. The molecule has 2 aromatic rings. The lowest BCUT2D eigenvalue weighted by Crippen LogP contribution is -2.41. The van der Waals surface area contributed by atoms with Crippen LogP contribution in [-0.4, -0.2) is 32.2 Å². The average molecular weight is 395 g/mol. The molecule has 0 aromatic heterocycles. The van der Waals surface area contributed by atoms with Crippen molar-refractivity contribution in [3.63, 3.8) is 0 Å². The highest BCUT2D eigenvalue weighted by Gasteiger charge is 2.40. The van der Waals surface area contributed by atoms with Gasteiger partial charge in [-0.25, -0.2) is 0 Å². The van der Waals surface area contributed by atoms with Gasteiger partial charge in [-0.3, -0.25) is 9.59 Å². The molecule has 2 aromatic carbocycles. The second kappa shape index (κ2) is 9.89. The number of hydrogen-bond acceptors (Lipinski definition) is 5. The molecule has 0 radical (unpaired) electrons. The molecule has 0 spiro atoms. The van der Waals surface area contributed by atoms with E-state index in [1.807, 2.05) is 54.6 Å². The predicted octanol–water partition coefficient (Wildman–Crippen LogP) is 3.19. The number of carbonyl (C=O) groups excluding carboxylic acids is 2. The highest BCUT2D eigenvalue weighted by Crippen LogP contribution is 2.40. The van der Waals surface area contributed by atoms with Gasteiger partial charge in [0, 0.05) is 25.1 Å². The SMILES string of the molecule is C=C1NC(=O)C[C@H](c2ccccc2OCc2ccccc2)[C@H]1C(=O)OCCOC. The van der Waals surface area contributed by atoms with Crippen molar-refractivity contribution in [2.75, 3.05) is 20.3 Å². The lowest BCUT2D eigenvalue weighted by atomic mass is 9.78. The molecule has 1 heterocycles. The molecule has 1 saturated heterocycles. The molecule has 1 aliphatic heterocycles. The molecule has 0 bridgehead atoms. The van der Waals surface area contributed by atoms with Crippen molar-refractivity contribution in [3.05, 3.63) is 78.0 Å². The largest absolute Gasteiger partial charge is 0.489 e. The smallest absolute Gasteiger partial charge is 0.315 e. The van der Waals surface area contributed by atoms with Crippen LogP contribution in [-0.2, 0) is 25.7 Å². The molecule has 1 amide bonds. The number of benzene rings is 2. The van der Waals surface area contributed by atoms with Crippen LogP contribution in [0.15, 0.2) is 66.9 Å². The molecule has 1 aliphatic rings. The fourth-order valence-corrected chi connectivity index (χ4v) is 3.43. The van der Waals surface area contributed by atoms with Gasteiger partial charge in [-0.2, -0.15) is 0 Å². The summed E-state index contributed by atoms with van der Waals surface area (Å²) in [5.41, 5.74) is 2.16. The maximum atomic E-state index is 12.7. The summed E-state index contributed by atoms with van der Waals surface area (Å²) in [6, 6.07) is 17.3. The summed E-state index contributed by atoms with van der Waals surface area (Å²) in [4.78, 5) is 24.9. The lowest BCUT2D eigenvalue weighted by Gasteiger charge is -2.32. The van der Waals surface area contributed by atoms with Gasteiger partial charge in [0.2, 0.25) is 5.91 Å². The van der Waals surface area contributed by atoms with Crippen LogP contribution in [0.1, 0.15) is 23.5 Å². The lowest BCUT2D eigenvalue weighted by molar-refractivity contribution is -0.150. The van der Waals surface area contributed by atoms with Gasteiger partial charge in [0.25, 0.3) is 0 Å². The van der Waals surface area contributed by atoms with Gasteiger partial charge in [0.15, 0.2) is 0 Å². The zero-order chi connectivity index (χ0) is 20.6. The standard InChI is InChI=1S/C23H25NO5/c1-16-22(23(26)28-13-12-27-2)19(14-21(25)24-16)18-10-6-7-11-20(18)29-15-17-8-4-3-5-9-17/h3-11,19,22H,1,12-15H2,2H3,(H,24,25)/t19-,22+/m1/s1. The summed E-state index contributed by atoms with van der Waals surface area (Å²) in [5, 5.41) is 2.67. The van der Waals surface area contributed by atoms with Gasteiger partial charge in [0.05, 0.1) is 6.61 Å². The van der Waals surface area contributed by atoms with Gasteiger partial charge >= 0.3 is 5.97 Å². The van der Waals surface area contributed by atoms with Crippen molar-refractivity contribution in [2.24, 2.45) is 5.92 Å². The molecule has 2 atom stereocenters. The van der Waals surface area contributed by atoms with Crippen molar-refractivity contribution >= 4 is 11.9 Å². The van der Waals surface area contributed by atoms with Crippen LogP contribution in [0.25, 0.3) is 0 Å². The number of methoxy groups -OCH3 is 1. The van der Waals surface area contributed by atoms with Crippen molar-refractivity contribution < 1.29 is 23.8 Å². The molecule has 3 rings (SSSR count). The monoisotopic (exact) mass is 395 g/mol. The molecular formula is C23H25NO5. The van der Waals surface area contributed by atoms with E-state index in [2.05, 4.69) is 11.9 Å². The number of piperidine rings is 1. The first-order chi connectivity index (χ1) is 14.1. The highest BCUT2D eigenvalue weighted by atomic mass is 16.6. The van der Waals surface area contributed by atoms with Crippen molar-refractivity contribution in [2.45, 2.75) is 18.9 Å². The molecule has 0 saturated carbocycles. The zero-order valence-electron chi connectivity index (χ0n) is 16.4. The molecule has 29 heavy (non-hydrogen) atoms. The summed E-state index contributed by atoms with van der Waals surface area (Å²) in [6.45, 7) is 4.73. The number of esters is 1. The molecular weight excluding hydrogens is 370 g/mol. The van der Waals surface area contributed by atoms with Crippen LogP contribution in [0.4, 0.5) is 0 Å². The number of ether oxygens (including phenoxy) is 3. The van der Waals surface area contributed by atoms with Crippen LogP contribution < -0.4 is 10.1 Å². The van der Waals surface area contributed by atoms with E-state index >= 15 is 0 Å². The number of rotatable bonds is 8. The summed E-state index contributed by atoms with van der Waals surface area (Å²) in [5.74, 6) is -1.09. The Kier molecular flexibility index (Phi) is 7.03. The van der Waals surface area contributed by atoms with Crippen molar-refractivity contribution in [1.29, 1.82) is 0 Å². The highest BCUT2D eigenvalue weighted by molar-refractivity contribution is 5.87. The van der Waals surface area contributed by atoms with Gasteiger partial charge in [-0.15, -0.1) is 0 Å². The number of nitrogens with one attached hydrogen (secondary N) is 1. The fourth-order valence-electron chi connectivity index (χ4n) is 3.43. The third-order valence-electron chi connectivity index (χ3n) is 4.82. The fraction of sp³-hybridized carbons (Fsp3) is 0.304. The van der Waals surface area contributed by atoms with Crippen LogP contribution >= 0.6 is 0 Å². The first-order valence-electron chi connectivity index (χ1n) is 9.50. The van der Waals surface area contributed by atoms with E-state index in [-0.39, 0.29) is 18.9 Å². The van der Waals surface area contributed by atoms with E-state index in [4.69, 9.17) is 14.2 Å². The van der Waals surface area contributed by atoms with E-state index in [0.717, 1.165) is 11.1 Å². The minimum Gasteiger partial charge on any atom is -0.489 e. The Morgan fingerprint density at radius 3 is 2.59 bits per heavy atom. The average Bonchev–Trinajstić information content (AvgIpc) is 2.72. The maximum Gasteiger partial charge on any atom is 0.315 e. The van der Waals surface area contributed by atoms with Gasteiger partial charge < -0.3 is 19.5 Å². The van der Waals surface area contributed by atoms with E-state index in [1.165, 1.54) is 7.11 Å². The molecule has 0 unspecified atom stereocenters. The van der Waals surface area contributed by atoms with Gasteiger partial charge in [-0.05, 0) is 17.2 Å². The molecule has 1 fully saturated rings. The number of amides is 1. The normalized spacial score (nSPS) is 18.8. The Labute approximate surface area is 170 Å². The molecule has 6 nitrogen and oxygen atoms in total. The summed E-state index contributed by atoms with van der Waals surface area (Å²) < 4.78 is 16.3. The molecule has 0 aliphatic carbocycles. The summed E-state index contributed by atoms with van der Waals surface area (Å²) >= 11 is 0. The number of hydrogen-bond donors (Lipinski definition) is 1. The Morgan fingerprint density at radius 1 is 1.10 bits per heavy atom. The topological polar surface area (TPSA) is 73.9 Å². The third-order valence-corrected chi connectivity index (χ3v) is 4.82. The van der Waals surface area contributed by atoms with Crippen LogP contribution in [0.5, 0.6) is 5.75 Å². The van der Waals surface area contributed by atoms with Gasteiger partial charge in [-0.1, -0.05) is 55.1 Å². The molecule has 152 valence electrons. The minimum atomic E-state index is -0.689. The Balaban J connectivity index is 1.84. The van der Waals surface area contributed by atoms with E-state index in [0.29, 0.717) is 24.7 Å². The van der Waals surface area contributed by atoms with Gasteiger partial charge in [0.1, 0.15) is 24.9 Å². The van der Waals surface area contributed by atoms with Crippen molar-refractivity contribution in [1.82, 2.24) is 5.32 Å². The Morgan fingerprint density at radius 2 is 1.83 bits per heavy atom. The second-order valence-corrected chi connectivity index (χ2v) is 6.83. The Hall–Kier alpha value is -3.12. The molecule has 1 N–H and O–H groups in total. The number of carbonyl (C=O) groups is 2. The van der Waals surface area contributed by atoms with Crippen LogP contribution in [0.2, 0.25) is 0 Å². The summed E-state index contributed by atoms with van der Waals surface area (Å²) in [6.07, 6.45) is 0.148.